The molecule has 2 rings (SSSR count). The van der Waals surface area contributed by atoms with Gasteiger partial charge in [0.15, 0.2) is 9.84 Å². The molecule has 0 aromatic carbocycles. The van der Waals surface area contributed by atoms with Crippen LogP contribution in [-0.2, 0) is 9.84 Å². The highest BCUT2D eigenvalue weighted by molar-refractivity contribution is 7.92. The molecule has 1 aliphatic rings. The number of carbonyl (C=O) groups is 1. The second-order valence-corrected chi connectivity index (χ2v) is 6.90. The maximum absolute atomic E-state index is 11.9. The van der Waals surface area contributed by atoms with Crippen LogP contribution in [-0.4, -0.2) is 53.3 Å². The van der Waals surface area contributed by atoms with Crippen LogP contribution in [0.2, 0.25) is 0 Å². The normalized spacial score (nSPS) is 16.4. The molecule has 98 valence electrons. The number of likely N-dealkylation sites (tertiary alicyclic amines) is 1. The number of aryl methyl sites for hydroxylation is 1. The molecule has 0 spiro atoms. The van der Waals surface area contributed by atoms with Crippen LogP contribution in [0.4, 0.5) is 0 Å². The SMILES string of the molecule is CCS(=O)(=O)C1CN(C(=O)c2cnc(C)cn2)C1. The first-order valence-electron chi connectivity index (χ1n) is 5.73. The van der Waals surface area contributed by atoms with E-state index in [9.17, 15) is 13.2 Å². The van der Waals surface area contributed by atoms with Crippen molar-refractivity contribution in [2.75, 3.05) is 18.8 Å². The Balaban J connectivity index is 2.01. The predicted octanol–water partition coefficient (Wildman–Crippen LogP) is 0.0441. The summed E-state index contributed by atoms with van der Waals surface area (Å²) >= 11 is 0. The topological polar surface area (TPSA) is 80.2 Å². The molecule has 0 atom stereocenters. The summed E-state index contributed by atoms with van der Waals surface area (Å²) in [4.78, 5) is 21.4. The van der Waals surface area contributed by atoms with Gasteiger partial charge in [0.05, 0.1) is 17.1 Å². The first-order valence-corrected chi connectivity index (χ1v) is 7.45. The fourth-order valence-electron chi connectivity index (χ4n) is 1.73. The number of aromatic nitrogens is 2. The average Bonchev–Trinajstić information content (AvgIpc) is 2.27. The number of sulfone groups is 1. The zero-order valence-corrected chi connectivity index (χ0v) is 11.1. The maximum atomic E-state index is 11.9. The second-order valence-electron chi connectivity index (χ2n) is 4.33. The zero-order chi connectivity index (χ0) is 13.3. The fraction of sp³-hybridized carbons (Fsp3) is 0.545. The third-order valence-electron chi connectivity index (χ3n) is 3.05. The van der Waals surface area contributed by atoms with Crippen molar-refractivity contribution in [3.63, 3.8) is 0 Å². The highest BCUT2D eigenvalue weighted by Crippen LogP contribution is 2.18. The standard InChI is InChI=1S/C11H15N3O3S/c1-3-18(16,17)9-6-14(7-9)11(15)10-5-12-8(2)4-13-10/h4-5,9H,3,6-7H2,1-2H3. The van der Waals surface area contributed by atoms with Crippen molar-refractivity contribution < 1.29 is 13.2 Å². The van der Waals surface area contributed by atoms with Gasteiger partial charge in [0.1, 0.15) is 5.69 Å². The van der Waals surface area contributed by atoms with Gasteiger partial charge in [0.2, 0.25) is 0 Å². The quantitative estimate of drug-likeness (QED) is 0.774. The van der Waals surface area contributed by atoms with Crippen LogP contribution in [0, 0.1) is 6.92 Å². The third-order valence-corrected chi connectivity index (χ3v) is 5.16. The van der Waals surface area contributed by atoms with Gasteiger partial charge in [-0.25, -0.2) is 13.4 Å². The van der Waals surface area contributed by atoms with Crippen molar-refractivity contribution in [1.82, 2.24) is 14.9 Å². The van der Waals surface area contributed by atoms with Gasteiger partial charge in [-0.1, -0.05) is 6.92 Å². The molecule has 1 saturated heterocycles. The van der Waals surface area contributed by atoms with Gasteiger partial charge in [0, 0.05) is 25.0 Å². The Hall–Kier alpha value is -1.50. The van der Waals surface area contributed by atoms with E-state index >= 15 is 0 Å². The molecule has 0 saturated carbocycles. The van der Waals surface area contributed by atoms with Crippen molar-refractivity contribution >= 4 is 15.7 Å². The van der Waals surface area contributed by atoms with E-state index in [0.29, 0.717) is 0 Å². The number of nitrogens with zero attached hydrogens (tertiary/aromatic N) is 3. The Labute approximate surface area is 106 Å². The predicted molar refractivity (Wildman–Crippen MR) is 65.9 cm³/mol. The summed E-state index contributed by atoms with van der Waals surface area (Å²) in [6.07, 6.45) is 2.94. The molecule has 1 aliphatic heterocycles. The van der Waals surface area contributed by atoms with Gasteiger partial charge in [-0.3, -0.25) is 9.78 Å². The van der Waals surface area contributed by atoms with Crippen molar-refractivity contribution in [1.29, 1.82) is 0 Å². The zero-order valence-electron chi connectivity index (χ0n) is 10.3. The summed E-state index contributed by atoms with van der Waals surface area (Å²) < 4.78 is 23.1. The van der Waals surface area contributed by atoms with E-state index < -0.39 is 15.1 Å². The molecule has 0 bridgehead atoms. The molecule has 0 aliphatic carbocycles. The Kier molecular flexibility index (Phi) is 3.34. The van der Waals surface area contributed by atoms with E-state index in [4.69, 9.17) is 0 Å². The summed E-state index contributed by atoms with van der Waals surface area (Å²) in [5, 5.41) is -0.426. The number of amides is 1. The summed E-state index contributed by atoms with van der Waals surface area (Å²) in [5.74, 6) is -0.144. The van der Waals surface area contributed by atoms with E-state index in [1.807, 2.05) is 0 Å². The van der Waals surface area contributed by atoms with Gasteiger partial charge >= 0.3 is 0 Å². The molecule has 1 amide bonds. The Morgan fingerprint density at radius 3 is 2.56 bits per heavy atom. The lowest BCUT2D eigenvalue weighted by Crippen LogP contribution is -2.57. The fourth-order valence-corrected chi connectivity index (χ4v) is 3.02. The minimum Gasteiger partial charge on any atom is -0.335 e. The highest BCUT2D eigenvalue weighted by Gasteiger charge is 2.39. The lowest BCUT2D eigenvalue weighted by Gasteiger charge is -2.38. The molecule has 1 aromatic heterocycles. The Morgan fingerprint density at radius 1 is 1.39 bits per heavy atom. The van der Waals surface area contributed by atoms with Crippen molar-refractivity contribution in [3.05, 3.63) is 23.8 Å². The van der Waals surface area contributed by atoms with Gasteiger partial charge in [-0.05, 0) is 6.92 Å². The van der Waals surface area contributed by atoms with E-state index in [-0.39, 0.29) is 30.4 Å². The van der Waals surface area contributed by atoms with E-state index in [2.05, 4.69) is 9.97 Å². The van der Waals surface area contributed by atoms with E-state index in [1.165, 1.54) is 17.3 Å². The highest BCUT2D eigenvalue weighted by atomic mass is 32.2. The van der Waals surface area contributed by atoms with E-state index in [1.54, 1.807) is 13.8 Å². The lowest BCUT2D eigenvalue weighted by molar-refractivity contribution is 0.0652. The summed E-state index contributed by atoms with van der Waals surface area (Å²) in [6.45, 7) is 3.91. The lowest BCUT2D eigenvalue weighted by atomic mass is 10.2. The number of hydrogen-bond acceptors (Lipinski definition) is 5. The van der Waals surface area contributed by atoms with Crippen LogP contribution in [0.5, 0.6) is 0 Å². The van der Waals surface area contributed by atoms with Crippen molar-refractivity contribution in [2.45, 2.75) is 19.1 Å². The van der Waals surface area contributed by atoms with Gasteiger partial charge < -0.3 is 4.90 Å². The van der Waals surface area contributed by atoms with Crippen LogP contribution >= 0.6 is 0 Å². The minimum atomic E-state index is -3.05. The van der Waals surface area contributed by atoms with Crippen LogP contribution in [0.25, 0.3) is 0 Å². The van der Waals surface area contributed by atoms with Crippen molar-refractivity contribution in [2.24, 2.45) is 0 Å². The van der Waals surface area contributed by atoms with Crippen molar-refractivity contribution in [3.8, 4) is 0 Å². The monoisotopic (exact) mass is 269 g/mol. The molecule has 7 heteroatoms. The first-order chi connectivity index (χ1) is 8.44. The average molecular weight is 269 g/mol. The third kappa shape index (κ3) is 2.35. The summed E-state index contributed by atoms with van der Waals surface area (Å²) in [6, 6.07) is 0. The molecule has 6 nitrogen and oxygen atoms in total. The van der Waals surface area contributed by atoms with E-state index in [0.717, 1.165) is 5.69 Å². The second kappa shape index (κ2) is 4.64. The minimum absolute atomic E-state index is 0.115. The first kappa shape index (κ1) is 12.9. The molecule has 2 heterocycles. The summed E-state index contributed by atoms with van der Waals surface area (Å²) in [5.41, 5.74) is 0.995. The molecular weight excluding hydrogens is 254 g/mol. The molecule has 1 aromatic rings. The van der Waals surface area contributed by atoms with Crippen LogP contribution in [0.1, 0.15) is 23.1 Å². The number of rotatable bonds is 3. The van der Waals surface area contributed by atoms with Gasteiger partial charge in [-0.2, -0.15) is 0 Å². The number of hydrogen-bond donors (Lipinski definition) is 0. The largest absolute Gasteiger partial charge is 0.335 e. The molecule has 0 N–H and O–H groups in total. The Bertz CT molecular complexity index is 547. The maximum Gasteiger partial charge on any atom is 0.274 e. The molecular formula is C11H15N3O3S. The Morgan fingerprint density at radius 2 is 2.06 bits per heavy atom. The number of carbonyl (C=O) groups excluding carboxylic acids is 1. The van der Waals surface area contributed by atoms with Crippen LogP contribution in [0.3, 0.4) is 0 Å². The molecule has 0 radical (unpaired) electrons. The molecule has 1 fully saturated rings. The van der Waals surface area contributed by atoms with Crippen LogP contribution in [0.15, 0.2) is 12.4 Å². The smallest absolute Gasteiger partial charge is 0.274 e. The summed E-state index contributed by atoms with van der Waals surface area (Å²) in [7, 11) is -3.05. The van der Waals surface area contributed by atoms with Gasteiger partial charge in [-0.15, -0.1) is 0 Å². The van der Waals surface area contributed by atoms with Gasteiger partial charge in [0.25, 0.3) is 5.91 Å². The molecule has 0 unspecified atom stereocenters. The molecule has 18 heavy (non-hydrogen) atoms. The van der Waals surface area contributed by atoms with Crippen LogP contribution < -0.4 is 0 Å².